The van der Waals surface area contributed by atoms with E-state index >= 15 is 0 Å². The number of aryl methyl sites for hydroxylation is 1. The van der Waals surface area contributed by atoms with E-state index in [9.17, 15) is 4.79 Å². The fraction of sp³-hybridized carbons (Fsp3) is 0.250. The van der Waals surface area contributed by atoms with Crippen LogP contribution in [0.15, 0.2) is 77.3 Å². The van der Waals surface area contributed by atoms with Gasteiger partial charge in [-0.25, -0.2) is 0 Å². The third-order valence-corrected chi connectivity index (χ3v) is 6.66. The number of para-hydroxylation sites is 1. The molecule has 0 amide bonds. The summed E-state index contributed by atoms with van der Waals surface area (Å²) in [6.45, 7) is 6.59. The topological polar surface area (TPSA) is 31.2 Å². The maximum absolute atomic E-state index is 13.4. The number of halogens is 1. The zero-order valence-electron chi connectivity index (χ0n) is 18.9. The van der Waals surface area contributed by atoms with E-state index in [-0.39, 0.29) is 17.7 Å². The third kappa shape index (κ3) is 4.24. The first-order chi connectivity index (χ1) is 15.4. The van der Waals surface area contributed by atoms with Crippen molar-refractivity contribution in [3.05, 3.63) is 99.7 Å². The Balaban J connectivity index is 1.87. The van der Waals surface area contributed by atoms with Crippen molar-refractivity contribution in [2.24, 2.45) is 0 Å². The Hall–Kier alpha value is -2.85. The smallest absolute Gasteiger partial charge is 0.163 e. The Morgan fingerprint density at radius 2 is 1.62 bits per heavy atom. The molecule has 3 aromatic carbocycles. The number of benzene rings is 3. The molecule has 3 nitrogen and oxygen atoms in total. The second-order valence-corrected chi connectivity index (χ2v) is 9.37. The molecule has 0 aliphatic heterocycles. The standard InChI is InChI=1S/C28H28BrNO2/c1-18(2)30-26-8-6-5-7-24(26)19(3)28(30)25(20-11-15-23(32-4)16-12-20)17-27(31)21-9-13-22(29)14-10-21/h5-16,18,25H,17H2,1-4H3. The Morgan fingerprint density at radius 3 is 2.25 bits per heavy atom. The van der Waals surface area contributed by atoms with Crippen LogP contribution in [0.5, 0.6) is 5.75 Å². The van der Waals surface area contributed by atoms with Crippen LogP contribution < -0.4 is 4.74 Å². The zero-order chi connectivity index (χ0) is 22.8. The highest BCUT2D eigenvalue weighted by Gasteiger charge is 2.27. The lowest BCUT2D eigenvalue weighted by Crippen LogP contribution is -2.16. The van der Waals surface area contributed by atoms with Gasteiger partial charge >= 0.3 is 0 Å². The molecule has 0 radical (unpaired) electrons. The molecular formula is C28H28BrNO2. The van der Waals surface area contributed by atoms with Crippen molar-refractivity contribution in [1.82, 2.24) is 4.57 Å². The highest BCUT2D eigenvalue weighted by atomic mass is 79.9. The van der Waals surface area contributed by atoms with Gasteiger partial charge in [0.1, 0.15) is 5.75 Å². The van der Waals surface area contributed by atoms with Crippen molar-refractivity contribution in [1.29, 1.82) is 0 Å². The lowest BCUT2D eigenvalue weighted by molar-refractivity contribution is 0.0976. The van der Waals surface area contributed by atoms with Gasteiger partial charge in [0.25, 0.3) is 0 Å². The summed E-state index contributed by atoms with van der Waals surface area (Å²) in [5.74, 6) is 0.887. The van der Waals surface area contributed by atoms with Crippen LogP contribution in [0.3, 0.4) is 0 Å². The molecule has 0 saturated carbocycles. The Labute approximate surface area is 198 Å². The molecule has 1 unspecified atom stereocenters. The van der Waals surface area contributed by atoms with Gasteiger partial charge in [-0.3, -0.25) is 4.79 Å². The molecule has 4 aromatic rings. The second kappa shape index (κ2) is 9.33. The average Bonchev–Trinajstić information content (AvgIpc) is 3.10. The fourth-order valence-corrected chi connectivity index (χ4v) is 4.85. The quantitative estimate of drug-likeness (QED) is 0.249. The van der Waals surface area contributed by atoms with E-state index in [4.69, 9.17) is 4.74 Å². The van der Waals surface area contributed by atoms with Crippen LogP contribution in [-0.2, 0) is 0 Å². The number of ketones is 1. The Morgan fingerprint density at radius 1 is 0.969 bits per heavy atom. The summed E-state index contributed by atoms with van der Waals surface area (Å²) in [6.07, 6.45) is 0.401. The van der Waals surface area contributed by atoms with Gasteiger partial charge in [0, 0.05) is 45.0 Å². The van der Waals surface area contributed by atoms with Crippen LogP contribution in [0.4, 0.5) is 0 Å². The molecule has 0 spiro atoms. The maximum atomic E-state index is 13.4. The first-order valence-corrected chi connectivity index (χ1v) is 11.7. The summed E-state index contributed by atoms with van der Waals surface area (Å²) in [5.41, 5.74) is 5.50. The molecule has 4 rings (SSSR count). The predicted molar refractivity (Wildman–Crippen MR) is 135 cm³/mol. The van der Waals surface area contributed by atoms with Gasteiger partial charge in [0.2, 0.25) is 0 Å². The lowest BCUT2D eigenvalue weighted by atomic mass is 9.86. The van der Waals surface area contributed by atoms with Crippen LogP contribution >= 0.6 is 15.9 Å². The van der Waals surface area contributed by atoms with Crippen molar-refractivity contribution in [2.45, 2.75) is 39.2 Å². The number of methoxy groups -OCH3 is 1. The molecule has 164 valence electrons. The number of hydrogen-bond acceptors (Lipinski definition) is 2. The number of carbonyl (C=O) groups excluding carboxylic acids is 1. The van der Waals surface area contributed by atoms with Gasteiger partial charge in [-0.15, -0.1) is 0 Å². The van der Waals surface area contributed by atoms with Crippen LogP contribution in [0.25, 0.3) is 10.9 Å². The summed E-state index contributed by atoms with van der Waals surface area (Å²) in [4.78, 5) is 13.4. The third-order valence-electron chi connectivity index (χ3n) is 6.13. The van der Waals surface area contributed by atoms with Gasteiger partial charge in [-0.1, -0.05) is 58.4 Å². The number of aromatic nitrogens is 1. The number of fused-ring (bicyclic) bond motifs is 1. The number of carbonyl (C=O) groups is 1. The lowest BCUT2D eigenvalue weighted by Gasteiger charge is -2.24. The molecule has 0 N–H and O–H groups in total. The average molecular weight is 490 g/mol. The van der Waals surface area contributed by atoms with E-state index in [0.717, 1.165) is 21.3 Å². The van der Waals surface area contributed by atoms with Crippen molar-refractivity contribution in [3.63, 3.8) is 0 Å². The van der Waals surface area contributed by atoms with Crippen molar-refractivity contribution in [2.75, 3.05) is 7.11 Å². The highest BCUT2D eigenvalue weighted by molar-refractivity contribution is 9.10. The molecule has 1 aromatic heterocycles. The molecule has 0 saturated heterocycles. The number of Topliss-reactive ketones (excluding diaryl/α,β-unsaturated/α-hetero) is 1. The first-order valence-electron chi connectivity index (χ1n) is 10.9. The molecule has 0 fully saturated rings. The molecule has 0 aliphatic rings. The first kappa shape index (κ1) is 22.3. The largest absolute Gasteiger partial charge is 0.497 e. The van der Waals surface area contributed by atoms with Gasteiger partial charge in [0.15, 0.2) is 5.78 Å². The van der Waals surface area contributed by atoms with Crippen LogP contribution in [0.1, 0.15) is 59.4 Å². The molecule has 0 aliphatic carbocycles. The van der Waals surface area contributed by atoms with Crippen LogP contribution in [0, 0.1) is 6.92 Å². The van der Waals surface area contributed by atoms with Gasteiger partial charge in [-0.2, -0.15) is 0 Å². The summed E-state index contributed by atoms with van der Waals surface area (Å²) in [6, 6.07) is 24.5. The van der Waals surface area contributed by atoms with E-state index in [1.165, 1.54) is 22.2 Å². The molecule has 32 heavy (non-hydrogen) atoms. The summed E-state index contributed by atoms with van der Waals surface area (Å²) < 4.78 is 8.74. The van der Waals surface area contributed by atoms with Crippen LogP contribution in [-0.4, -0.2) is 17.5 Å². The minimum atomic E-state index is -0.0631. The van der Waals surface area contributed by atoms with E-state index in [1.807, 2.05) is 36.4 Å². The van der Waals surface area contributed by atoms with Gasteiger partial charge < -0.3 is 9.30 Å². The van der Waals surface area contributed by atoms with E-state index in [1.54, 1.807) is 7.11 Å². The normalized spacial score (nSPS) is 12.3. The number of ether oxygens (including phenoxy) is 1. The molecule has 1 heterocycles. The zero-order valence-corrected chi connectivity index (χ0v) is 20.5. The second-order valence-electron chi connectivity index (χ2n) is 8.45. The predicted octanol–water partition coefficient (Wildman–Crippen LogP) is 7.71. The van der Waals surface area contributed by atoms with Crippen molar-refractivity contribution < 1.29 is 9.53 Å². The van der Waals surface area contributed by atoms with Crippen molar-refractivity contribution in [3.8, 4) is 5.75 Å². The molecule has 4 heteroatoms. The monoisotopic (exact) mass is 489 g/mol. The van der Waals surface area contributed by atoms with E-state index < -0.39 is 0 Å². The van der Waals surface area contributed by atoms with E-state index in [2.05, 4.69) is 77.7 Å². The Kier molecular flexibility index (Phi) is 6.52. The summed E-state index contributed by atoms with van der Waals surface area (Å²) in [5, 5.41) is 1.24. The number of hydrogen-bond donors (Lipinski definition) is 0. The van der Waals surface area contributed by atoms with Gasteiger partial charge in [-0.05, 0) is 62.2 Å². The maximum Gasteiger partial charge on any atom is 0.163 e. The summed E-state index contributed by atoms with van der Waals surface area (Å²) >= 11 is 3.46. The highest BCUT2D eigenvalue weighted by Crippen LogP contribution is 2.39. The van der Waals surface area contributed by atoms with Crippen LogP contribution in [0.2, 0.25) is 0 Å². The minimum Gasteiger partial charge on any atom is -0.497 e. The van der Waals surface area contributed by atoms with Crippen molar-refractivity contribution >= 4 is 32.6 Å². The van der Waals surface area contributed by atoms with Gasteiger partial charge in [0.05, 0.1) is 7.11 Å². The minimum absolute atomic E-state index is 0.0631. The van der Waals surface area contributed by atoms with E-state index in [0.29, 0.717) is 6.42 Å². The molecule has 0 bridgehead atoms. The fourth-order valence-electron chi connectivity index (χ4n) is 4.58. The number of nitrogens with zero attached hydrogens (tertiary/aromatic N) is 1. The Bertz CT molecular complexity index is 1240. The number of rotatable bonds is 7. The molecule has 1 atom stereocenters. The SMILES string of the molecule is COc1ccc(C(CC(=O)c2ccc(Br)cc2)c2c(C)c3ccccc3n2C(C)C)cc1. The summed E-state index contributed by atoms with van der Waals surface area (Å²) in [7, 11) is 1.67. The molecular weight excluding hydrogens is 462 g/mol.